The first-order valence-corrected chi connectivity index (χ1v) is 12.0. The zero-order valence-electron chi connectivity index (χ0n) is 18.6. The molecule has 1 amide bonds. The van der Waals surface area contributed by atoms with Gasteiger partial charge in [0.1, 0.15) is 5.75 Å². The Labute approximate surface area is 201 Å². The number of hydrogen-bond acceptors (Lipinski definition) is 7. The van der Waals surface area contributed by atoms with E-state index in [9.17, 15) is 14.9 Å². The zero-order chi connectivity index (χ0) is 23.9. The quantitative estimate of drug-likeness (QED) is 0.186. The van der Waals surface area contributed by atoms with Crippen LogP contribution in [0.25, 0.3) is 11.4 Å². The van der Waals surface area contributed by atoms with Crippen molar-refractivity contribution in [3.63, 3.8) is 0 Å². The van der Waals surface area contributed by atoms with E-state index >= 15 is 0 Å². The van der Waals surface area contributed by atoms with Crippen LogP contribution in [0.4, 0.5) is 11.4 Å². The molecule has 1 aliphatic rings. The lowest BCUT2D eigenvalue weighted by molar-refractivity contribution is -0.384. The molecular weight excluding hydrogens is 454 g/mol. The van der Waals surface area contributed by atoms with Crippen LogP contribution in [-0.4, -0.2) is 37.5 Å². The van der Waals surface area contributed by atoms with Crippen molar-refractivity contribution in [1.29, 1.82) is 0 Å². The smallest absolute Gasteiger partial charge is 0.271 e. The number of nitrogens with zero attached hydrogens (tertiary/aromatic N) is 4. The molecule has 9 nitrogen and oxygen atoms in total. The van der Waals surface area contributed by atoms with Crippen LogP contribution < -0.4 is 10.1 Å². The molecule has 0 spiro atoms. The van der Waals surface area contributed by atoms with Crippen molar-refractivity contribution >= 4 is 29.0 Å². The number of nitrogens with one attached hydrogen (secondary N) is 1. The number of rotatable bonds is 10. The van der Waals surface area contributed by atoms with Gasteiger partial charge in [0.25, 0.3) is 5.69 Å². The molecular formula is C24H25N5O4S. The van der Waals surface area contributed by atoms with Gasteiger partial charge in [-0.15, -0.1) is 16.8 Å². The van der Waals surface area contributed by atoms with Crippen LogP contribution in [0.1, 0.15) is 25.7 Å². The van der Waals surface area contributed by atoms with Crippen molar-refractivity contribution in [2.24, 2.45) is 0 Å². The van der Waals surface area contributed by atoms with Gasteiger partial charge in [0.2, 0.25) is 5.91 Å². The lowest BCUT2D eigenvalue weighted by atomic mass is 10.2. The van der Waals surface area contributed by atoms with Gasteiger partial charge in [-0.2, -0.15) is 0 Å². The van der Waals surface area contributed by atoms with Crippen molar-refractivity contribution in [1.82, 2.24) is 14.8 Å². The third kappa shape index (κ3) is 5.82. The highest BCUT2D eigenvalue weighted by Crippen LogP contribution is 2.28. The van der Waals surface area contributed by atoms with Crippen LogP contribution in [0.2, 0.25) is 0 Å². The highest BCUT2D eigenvalue weighted by molar-refractivity contribution is 7.99. The number of nitro groups is 1. The second-order valence-corrected chi connectivity index (χ2v) is 8.84. The van der Waals surface area contributed by atoms with Crippen molar-refractivity contribution in [2.45, 2.75) is 43.5 Å². The first-order valence-electron chi connectivity index (χ1n) is 11.0. The fourth-order valence-electron chi connectivity index (χ4n) is 3.81. The third-order valence-corrected chi connectivity index (χ3v) is 6.39. The highest BCUT2D eigenvalue weighted by Gasteiger charge is 2.18. The van der Waals surface area contributed by atoms with Crippen LogP contribution in [-0.2, 0) is 11.3 Å². The Morgan fingerprint density at radius 1 is 1.24 bits per heavy atom. The first-order chi connectivity index (χ1) is 16.5. The van der Waals surface area contributed by atoms with E-state index in [0.717, 1.165) is 24.2 Å². The molecule has 176 valence electrons. The Bertz CT molecular complexity index is 1170. The van der Waals surface area contributed by atoms with E-state index in [1.54, 1.807) is 12.1 Å². The van der Waals surface area contributed by atoms with Crippen LogP contribution >= 0.6 is 11.8 Å². The summed E-state index contributed by atoms with van der Waals surface area (Å²) in [5.41, 5.74) is 1.18. The minimum absolute atomic E-state index is 0.0755. The van der Waals surface area contributed by atoms with Crippen molar-refractivity contribution < 1.29 is 14.5 Å². The SMILES string of the molecule is C=CCn1c(SCC(=O)Nc2cccc([N+](=O)[O-])c2)nnc1-c1ccc(OC2CCCC2)cc1. The van der Waals surface area contributed by atoms with E-state index in [1.807, 2.05) is 28.8 Å². The summed E-state index contributed by atoms with van der Waals surface area (Å²) in [6, 6.07) is 13.6. The zero-order valence-corrected chi connectivity index (χ0v) is 19.4. The monoisotopic (exact) mass is 479 g/mol. The number of benzene rings is 2. The molecule has 1 N–H and O–H groups in total. The molecule has 3 aromatic rings. The fourth-order valence-corrected chi connectivity index (χ4v) is 4.56. The Balaban J connectivity index is 1.41. The molecule has 0 aliphatic heterocycles. The minimum Gasteiger partial charge on any atom is -0.490 e. The fraction of sp³-hybridized carbons (Fsp3) is 0.292. The van der Waals surface area contributed by atoms with Gasteiger partial charge in [-0.3, -0.25) is 19.5 Å². The number of aromatic nitrogens is 3. The standard InChI is InChI=1S/C24H25N5O4S/c1-2-14-28-23(17-10-12-21(13-11-17)33-20-8-3-4-9-20)26-27-24(28)34-16-22(30)25-18-6-5-7-19(15-18)29(31)32/h2,5-7,10-13,15,20H,1,3-4,8-9,14,16H2,(H,25,30). The van der Waals surface area contributed by atoms with E-state index in [4.69, 9.17) is 4.74 Å². The molecule has 0 unspecified atom stereocenters. The Kier molecular flexibility index (Phi) is 7.58. The molecule has 0 bridgehead atoms. The summed E-state index contributed by atoms with van der Waals surface area (Å²) < 4.78 is 7.93. The maximum Gasteiger partial charge on any atom is 0.271 e. The van der Waals surface area contributed by atoms with Gasteiger partial charge < -0.3 is 10.1 Å². The van der Waals surface area contributed by atoms with Crippen molar-refractivity contribution in [2.75, 3.05) is 11.1 Å². The number of amides is 1. The third-order valence-electron chi connectivity index (χ3n) is 5.42. The molecule has 1 aliphatic carbocycles. The summed E-state index contributed by atoms with van der Waals surface area (Å²) >= 11 is 1.24. The maximum absolute atomic E-state index is 12.4. The summed E-state index contributed by atoms with van der Waals surface area (Å²) in [4.78, 5) is 22.8. The van der Waals surface area contributed by atoms with Gasteiger partial charge in [-0.25, -0.2) is 0 Å². The van der Waals surface area contributed by atoms with Gasteiger partial charge in [-0.05, 0) is 56.0 Å². The molecule has 1 fully saturated rings. The van der Waals surface area contributed by atoms with Crippen molar-refractivity contribution in [3.8, 4) is 17.1 Å². The van der Waals surface area contributed by atoms with Crippen molar-refractivity contribution in [3.05, 3.63) is 71.3 Å². The number of allylic oxidation sites excluding steroid dienone is 1. The first kappa shape index (κ1) is 23.5. The summed E-state index contributed by atoms with van der Waals surface area (Å²) in [5, 5.41) is 22.8. The van der Waals surface area contributed by atoms with Gasteiger partial charge in [-0.1, -0.05) is 23.9 Å². The molecule has 1 heterocycles. The number of nitro benzene ring substituents is 1. The summed E-state index contributed by atoms with van der Waals surface area (Å²) in [6.45, 7) is 4.30. The molecule has 34 heavy (non-hydrogen) atoms. The maximum atomic E-state index is 12.4. The molecule has 4 rings (SSSR count). The normalized spacial score (nSPS) is 13.5. The van der Waals surface area contributed by atoms with Gasteiger partial charge in [0, 0.05) is 29.9 Å². The highest BCUT2D eigenvalue weighted by atomic mass is 32.2. The number of hydrogen-bond donors (Lipinski definition) is 1. The van der Waals surface area contributed by atoms with E-state index in [2.05, 4.69) is 22.1 Å². The van der Waals surface area contributed by atoms with Gasteiger partial charge >= 0.3 is 0 Å². The largest absolute Gasteiger partial charge is 0.490 e. The minimum atomic E-state index is -0.503. The van der Waals surface area contributed by atoms with E-state index in [0.29, 0.717) is 29.3 Å². The summed E-state index contributed by atoms with van der Waals surface area (Å²) in [7, 11) is 0. The van der Waals surface area contributed by atoms with Gasteiger partial charge in [0.05, 0.1) is 16.8 Å². The van der Waals surface area contributed by atoms with Crippen LogP contribution in [0.15, 0.2) is 66.3 Å². The lowest BCUT2D eigenvalue weighted by Crippen LogP contribution is -2.14. The Hall–Kier alpha value is -3.66. The number of carbonyl (C=O) groups is 1. The topological polar surface area (TPSA) is 112 Å². The molecule has 2 aromatic carbocycles. The molecule has 1 saturated carbocycles. The lowest BCUT2D eigenvalue weighted by Gasteiger charge is -2.13. The molecule has 10 heteroatoms. The van der Waals surface area contributed by atoms with Crippen LogP contribution in [0, 0.1) is 10.1 Å². The second-order valence-electron chi connectivity index (χ2n) is 7.90. The molecule has 1 aromatic heterocycles. The summed E-state index contributed by atoms with van der Waals surface area (Å²) in [5.74, 6) is 1.30. The molecule has 0 radical (unpaired) electrons. The van der Waals surface area contributed by atoms with E-state index < -0.39 is 4.92 Å². The Morgan fingerprint density at radius 2 is 2.00 bits per heavy atom. The average molecular weight is 480 g/mol. The van der Waals surface area contributed by atoms with Crippen LogP contribution in [0.3, 0.4) is 0 Å². The molecule has 0 atom stereocenters. The van der Waals surface area contributed by atoms with E-state index in [-0.39, 0.29) is 17.3 Å². The number of ether oxygens (including phenoxy) is 1. The second kappa shape index (κ2) is 11.0. The van der Waals surface area contributed by atoms with Crippen LogP contribution in [0.5, 0.6) is 5.75 Å². The Morgan fingerprint density at radius 3 is 2.71 bits per heavy atom. The predicted octanol–water partition coefficient (Wildman–Crippen LogP) is 5.09. The number of non-ortho nitro benzene ring substituents is 1. The summed E-state index contributed by atoms with van der Waals surface area (Å²) in [6.07, 6.45) is 6.69. The predicted molar refractivity (Wildman–Crippen MR) is 131 cm³/mol. The molecule has 0 saturated heterocycles. The van der Waals surface area contributed by atoms with E-state index in [1.165, 1.54) is 42.8 Å². The number of thioether (sulfide) groups is 1. The van der Waals surface area contributed by atoms with Gasteiger partial charge in [0.15, 0.2) is 11.0 Å². The number of carbonyl (C=O) groups excluding carboxylic acids is 1. The average Bonchev–Trinajstić information content (AvgIpc) is 3.49. The number of anilines is 1.